The number of carbonyl (C=O) groups is 1. The Morgan fingerprint density at radius 1 is 1.38 bits per heavy atom. The molecule has 3 nitrogen and oxygen atoms in total. The molecule has 2 rings (SSSR count). The lowest BCUT2D eigenvalue weighted by atomic mass is 9.94. The van der Waals surface area contributed by atoms with Gasteiger partial charge in [-0.05, 0) is 17.4 Å². The first-order valence-corrected chi connectivity index (χ1v) is 5.29. The summed E-state index contributed by atoms with van der Waals surface area (Å²) in [4.78, 5) is 15.2. The maximum Gasteiger partial charge on any atom is 0.311 e. The maximum absolute atomic E-state index is 11.1. The molecule has 0 saturated heterocycles. The Balaban J connectivity index is 2.63. The highest BCUT2D eigenvalue weighted by atomic mass is 16.4. The van der Waals surface area contributed by atoms with Crippen molar-refractivity contribution in [1.29, 1.82) is 0 Å². The van der Waals surface area contributed by atoms with E-state index < -0.39 is 11.9 Å². The number of hydrogen-bond acceptors (Lipinski definition) is 2. The summed E-state index contributed by atoms with van der Waals surface area (Å²) in [6.45, 7) is 1.88. The van der Waals surface area contributed by atoms with Crippen molar-refractivity contribution in [2.45, 2.75) is 19.3 Å². The topological polar surface area (TPSA) is 50.2 Å². The first-order chi connectivity index (χ1) is 7.74. The molecule has 1 aromatic heterocycles. The largest absolute Gasteiger partial charge is 0.481 e. The third-order valence-corrected chi connectivity index (χ3v) is 2.78. The summed E-state index contributed by atoms with van der Waals surface area (Å²) >= 11 is 0. The van der Waals surface area contributed by atoms with Crippen LogP contribution in [0.2, 0.25) is 0 Å². The lowest BCUT2D eigenvalue weighted by molar-refractivity contribution is -0.138. The van der Waals surface area contributed by atoms with Crippen molar-refractivity contribution in [3.63, 3.8) is 0 Å². The standard InChI is InChI=1S/C13H13NO2/c1-2-10(13(15)16)12-8-14-7-9-5-3-4-6-11(9)12/h3-8,10H,2H2,1H3,(H,15,16). The Bertz CT molecular complexity index is 517. The quantitative estimate of drug-likeness (QED) is 0.856. The van der Waals surface area contributed by atoms with E-state index in [1.54, 1.807) is 12.4 Å². The van der Waals surface area contributed by atoms with Gasteiger partial charge in [0.25, 0.3) is 0 Å². The second kappa shape index (κ2) is 4.31. The van der Waals surface area contributed by atoms with Crippen LogP contribution in [-0.2, 0) is 4.79 Å². The Labute approximate surface area is 93.7 Å². The summed E-state index contributed by atoms with van der Waals surface area (Å²) in [6, 6.07) is 7.73. The summed E-state index contributed by atoms with van der Waals surface area (Å²) < 4.78 is 0. The molecule has 1 aromatic carbocycles. The molecule has 0 amide bonds. The fourth-order valence-electron chi connectivity index (χ4n) is 1.95. The summed E-state index contributed by atoms with van der Waals surface area (Å²) in [6.07, 6.45) is 3.99. The van der Waals surface area contributed by atoms with Gasteiger partial charge in [-0.3, -0.25) is 9.78 Å². The third kappa shape index (κ3) is 1.76. The fourth-order valence-corrected chi connectivity index (χ4v) is 1.95. The molecule has 3 heteroatoms. The van der Waals surface area contributed by atoms with Crippen LogP contribution in [0.25, 0.3) is 10.8 Å². The molecular formula is C13H13NO2. The van der Waals surface area contributed by atoms with Gasteiger partial charge in [-0.2, -0.15) is 0 Å². The number of aromatic nitrogens is 1. The van der Waals surface area contributed by atoms with Crippen LogP contribution in [0, 0.1) is 0 Å². The summed E-state index contributed by atoms with van der Waals surface area (Å²) in [7, 11) is 0. The van der Waals surface area contributed by atoms with Gasteiger partial charge < -0.3 is 5.11 Å². The van der Waals surface area contributed by atoms with E-state index in [1.807, 2.05) is 31.2 Å². The van der Waals surface area contributed by atoms with E-state index in [4.69, 9.17) is 5.11 Å². The SMILES string of the molecule is CCC(C(=O)O)c1cncc2ccccc12. The molecule has 0 spiro atoms. The highest BCUT2D eigenvalue weighted by molar-refractivity contribution is 5.89. The van der Waals surface area contributed by atoms with Crippen molar-refractivity contribution in [3.8, 4) is 0 Å². The Morgan fingerprint density at radius 2 is 2.12 bits per heavy atom. The maximum atomic E-state index is 11.1. The van der Waals surface area contributed by atoms with E-state index >= 15 is 0 Å². The van der Waals surface area contributed by atoms with Gasteiger partial charge in [-0.15, -0.1) is 0 Å². The zero-order chi connectivity index (χ0) is 11.5. The Hall–Kier alpha value is -1.90. The predicted molar refractivity (Wildman–Crippen MR) is 62.4 cm³/mol. The van der Waals surface area contributed by atoms with Gasteiger partial charge in [-0.1, -0.05) is 31.2 Å². The lowest BCUT2D eigenvalue weighted by Gasteiger charge is -2.12. The average Bonchev–Trinajstić information content (AvgIpc) is 2.30. The Kier molecular flexibility index (Phi) is 2.86. The highest BCUT2D eigenvalue weighted by Gasteiger charge is 2.19. The molecule has 2 aromatic rings. The average molecular weight is 215 g/mol. The van der Waals surface area contributed by atoms with E-state index in [-0.39, 0.29) is 0 Å². The van der Waals surface area contributed by atoms with Crippen molar-refractivity contribution < 1.29 is 9.90 Å². The molecule has 1 atom stereocenters. The van der Waals surface area contributed by atoms with Crippen molar-refractivity contribution in [2.24, 2.45) is 0 Å². The summed E-state index contributed by atoms with van der Waals surface area (Å²) in [5.74, 6) is -1.26. The van der Waals surface area contributed by atoms with Crippen molar-refractivity contribution in [2.75, 3.05) is 0 Å². The van der Waals surface area contributed by atoms with Crippen LogP contribution in [-0.4, -0.2) is 16.1 Å². The third-order valence-electron chi connectivity index (χ3n) is 2.78. The van der Waals surface area contributed by atoms with E-state index in [0.29, 0.717) is 6.42 Å². The number of carboxylic acid groups (broad SMARTS) is 1. The number of nitrogens with zero attached hydrogens (tertiary/aromatic N) is 1. The number of rotatable bonds is 3. The van der Waals surface area contributed by atoms with Gasteiger partial charge in [0.2, 0.25) is 0 Å². The van der Waals surface area contributed by atoms with Crippen LogP contribution in [0.3, 0.4) is 0 Å². The van der Waals surface area contributed by atoms with Gasteiger partial charge in [-0.25, -0.2) is 0 Å². The van der Waals surface area contributed by atoms with E-state index in [2.05, 4.69) is 4.98 Å². The smallest absolute Gasteiger partial charge is 0.311 e. The van der Waals surface area contributed by atoms with Crippen LogP contribution < -0.4 is 0 Å². The summed E-state index contributed by atoms with van der Waals surface area (Å²) in [5.41, 5.74) is 0.799. The molecule has 1 heterocycles. The lowest BCUT2D eigenvalue weighted by Crippen LogP contribution is -2.11. The molecule has 0 radical (unpaired) electrons. The molecule has 16 heavy (non-hydrogen) atoms. The molecule has 0 aliphatic rings. The molecule has 0 aliphatic heterocycles. The Morgan fingerprint density at radius 3 is 2.81 bits per heavy atom. The minimum Gasteiger partial charge on any atom is -0.481 e. The molecule has 0 bridgehead atoms. The normalized spacial score (nSPS) is 12.6. The van der Waals surface area contributed by atoms with Crippen molar-refractivity contribution in [3.05, 3.63) is 42.2 Å². The molecule has 0 aliphatic carbocycles. The number of fused-ring (bicyclic) bond motifs is 1. The zero-order valence-corrected chi connectivity index (χ0v) is 9.05. The van der Waals surface area contributed by atoms with Gasteiger partial charge >= 0.3 is 5.97 Å². The molecule has 1 unspecified atom stereocenters. The number of hydrogen-bond donors (Lipinski definition) is 1. The predicted octanol–water partition coefficient (Wildman–Crippen LogP) is 2.81. The van der Waals surface area contributed by atoms with Gasteiger partial charge in [0.15, 0.2) is 0 Å². The fraction of sp³-hybridized carbons (Fsp3) is 0.231. The van der Waals surface area contributed by atoms with Gasteiger partial charge in [0, 0.05) is 17.8 Å². The highest BCUT2D eigenvalue weighted by Crippen LogP contribution is 2.26. The van der Waals surface area contributed by atoms with E-state index in [1.165, 1.54) is 0 Å². The van der Waals surface area contributed by atoms with Crippen LogP contribution >= 0.6 is 0 Å². The number of carboxylic acids is 1. The van der Waals surface area contributed by atoms with Crippen LogP contribution in [0.15, 0.2) is 36.7 Å². The zero-order valence-electron chi connectivity index (χ0n) is 9.05. The molecule has 82 valence electrons. The molecule has 0 fully saturated rings. The first kappa shape index (κ1) is 10.6. The summed E-state index contributed by atoms with van der Waals surface area (Å²) in [5, 5.41) is 11.1. The number of pyridine rings is 1. The number of aliphatic carboxylic acids is 1. The van der Waals surface area contributed by atoms with Gasteiger partial charge in [0.1, 0.15) is 0 Å². The van der Waals surface area contributed by atoms with Gasteiger partial charge in [0.05, 0.1) is 5.92 Å². The van der Waals surface area contributed by atoms with E-state index in [0.717, 1.165) is 16.3 Å². The second-order valence-electron chi connectivity index (χ2n) is 3.75. The first-order valence-electron chi connectivity index (χ1n) is 5.29. The number of benzene rings is 1. The van der Waals surface area contributed by atoms with Crippen LogP contribution in [0.5, 0.6) is 0 Å². The van der Waals surface area contributed by atoms with Crippen molar-refractivity contribution in [1.82, 2.24) is 4.98 Å². The minimum atomic E-state index is -0.791. The molecule has 0 saturated carbocycles. The molecule has 1 N–H and O–H groups in total. The van der Waals surface area contributed by atoms with Crippen LogP contribution in [0.1, 0.15) is 24.8 Å². The second-order valence-corrected chi connectivity index (χ2v) is 3.75. The van der Waals surface area contributed by atoms with Crippen molar-refractivity contribution >= 4 is 16.7 Å². The monoisotopic (exact) mass is 215 g/mol. The minimum absolute atomic E-state index is 0.474. The van der Waals surface area contributed by atoms with Crippen LogP contribution in [0.4, 0.5) is 0 Å². The molecular weight excluding hydrogens is 202 g/mol. The van der Waals surface area contributed by atoms with E-state index in [9.17, 15) is 4.79 Å².